The monoisotopic (exact) mass is 302 g/mol. The average molecular weight is 302 g/mol. The van der Waals surface area contributed by atoms with E-state index in [1.54, 1.807) is 48.5 Å². The van der Waals surface area contributed by atoms with Crippen LogP contribution < -0.4 is 4.74 Å². The summed E-state index contributed by atoms with van der Waals surface area (Å²) in [6.45, 7) is 1.88. The van der Waals surface area contributed by atoms with Gasteiger partial charge in [0.1, 0.15) is 11.5 Å². The van der Waals surface area contributed by atoms with E-state index in [9.17, 15) is 13.5 Å². The fraction of sp³-hybridized carbons (Fsp3) is 0.125. The summed E-state index contributed by atoms with van der Waals surface area (Å²) in [5.74, 6) is 0.274. The molecule has 1 aliphatic heterocycles. The summed E-state index contributed by atoms with van der Waals surface area (Å²) >= 11 is 0. The minimum absolute atomic E-state index is 0.0856. The number of fused-ring (bicyclic) bond motifs is 1. The average Bonchev–Trinajstić information content (AvgIpc) is 2.47. The summed E-state index contributed by atoms with van der Waals surface area (Å²) in [5, 5.41) is 10.0. The second-order valence-corrected chi connectivity index (χ2v) is 6.92. The van der Waals surface area contributed by atoms with Gasteiger partial charge in [-0.3, -0.25) is 0 Å². The maximum absolute atomic E-state index is 12.6. The normalized spacial score (nSPS) is 17.6. The van der Waals surface area contributed by atoms with Crippen LogP contribution in [0.3, 0.4) is 0 Å². The molecule has 1 aliphatic rings. The van der Waals surface area contributed by atoms with Crippen molar-refractivity contribution in [2.45, 2.75) is 17.3 Å². The van der Waals surface area contributed by atoms with Crippen LogP contribution in [0.2, 0.25) is 0 Å². The summed E-state index contributed by atoms with van der Waals surface area (Å²) in [6.07, 6.45) is 1.22. The highest BCUT2D eigenvalue weighted by molar-refractivity contribution is 7.92. The molecule has 21 heavy (non-hydrogen) atoms. The predicted molar refractivity (Wildman–Crippen MR) is 79.8 cm³/mol. The molecule has 0 saturated carbocycles. The number of hydrogen-bond acceptors (Lipinski definition) is 4. The second kappa shape index (κ2) is 4.93. The van der Waals surface area contributed by atoms with Crippen molar-refractivity contribution in [2.75, 3.05) is 0 Å². The van der Waals surface area contributed by atoms with Crippen LogP contribution >= 0.6 is 0 Å². The molecule has 5 heteroatoms. The minimum atomic E-state index is -3.71. The summed E-state index contributed by atoms with van der Waals surface area (Å²) in [6, 6.07) is 13.3. The Labute approximate surface area is 123 Å². The molecule has 0 aromatic heterocycles. The van der Waals surface area contributed by atoms with Gasteiger partial charge >= 0.3 is 0 Å². The molecule has 1 atom stereocenters. The van der Waals surface area contributed by atoms with Crippen molar-refractivity contribution in [3.05, 3.63) is 65.7 Å². The largest absolute Gasteiger partial charge is 0.507 e. The van der Waals surface area contributed by atoms with Gasteiger partial charge in [-0.05, 0) is 31.2 Å². The highest BCUT2D eigenvalue weighted by Crippen LogP contribution is 2.33. The van der Waals surface area contributed by atoms with Crippen molar-refractivity contribution in [1.82, 2.24) is 0 Å². The van der Waals surface area contributed by atoms with Crippen molar-refractivity contribution in [3.8, 4) is 5.75 Å². The van der Waals surface area contributed by atoms with E-state index >= 15 is 0 Å². The number of aryl methyl sites for hydroxylation is 1. The SMILES string of the molecule is Cc1ccc(S(=O)(=O)C2C=C(O)c3ccccc3O2)cc1. The van der Waals surface area contributed by atoms with Gasteiger partial charge in [-0.15, -0.1) is 0 Å². The van der Waals surface area contributed by atoms with E-state index in [-0.39, 0.29) is 10.7 Å². The van der Waals surface area contributed by atoms with Crippen LogP contribution in [0.5, 0.6) is 5.75 Å². The molecule has 1 unspecified atom stereocenters. The maximum Gasteiger partial charge on any atom is 0.225 e. The highest BCUT2D eigenvalue weighted by atomic mass is 32.2. The number of benzene rings is 2. The lowest BCUT2D eigenvalue weighted by molar-refractivity contribution is 0.303. The first kappa shape index (κ1) is 13.7. The van der Waals surface area contributed by atoms with E-state index < -0.39 is 15.3 Å². The van der Waals surface area contributed by atoms with Gasteiger partial charge < -0.3 is 9.84 Å². The topological polar surface area (TPSA) is 63.6 Å². The molecule has 3 rings (SSSR count). The lowest BCUT2D eigenvalue weighted by atomic mass is 10.1. The van der Waals surface area contributed by atoms with Crippen LogP contribution in [-0.2, 0) is 9.84 Å². The summed E-state index contributed by atoms with van der Waals surface area (Å²) in [4.78, 5) is 0.168. The first-order valence-corrected chi connectivity index (χ1v) is 8.00. The van der Waals surface area contributed by atoms with Crippen LogP contribution in [-0.4, -0.2) is 19.0 Å². The molecule has 0 bridgehead atoms. The number of para-hydroxylation sites is 1. The summed E-state index contributed by atoms with van der Waals surface area (Å²) in [7, 11) is -3.71. The smallest absolute Gasteiger partial charge is 0.225 e. The standard InChI is InChI=1S/C16H14O4S/c1-11-6-8-12(9-7-11)21(18,19)16-10-14(17)13-4-2-3-5-15(13)20-16/h2-10,16-17H,1H3. The zero-order valence-corrected chi connectivity index (χ0v) is 12.2. The lowest BCUT2D eigenvalue weighted by Crippen LogP contribution is -2.28. The molecule has 4 nitrogen and oxygen atoms in total. The minimum Gasteiger partial charge on any atom is -0.507 e. The molecular weight excluding hydrogens is 288 g/mol. The quantitative estimate of drug-likeness (QED) is 0.926. The zero-order valence-electron chi connectivity index (χ0n) is 11.4. The van der Waals surface area contributed by atoms with Crippen LogP contribution in [0, 0.1) is 6.92 Å². The molecule has 0 aliphatic carbocycles. The van der Waals surface area contributed by atoms with E-state index in [0.29, 0.717) is 11.3 Å². The van der Waals surface area contributed by atoms with E-state index in [0.717, 1.165) is 5.56 Å². The molecule has 1 heterocycles. The van der Waals surface area contributed by atoms with Crippen LogP contribution in [0.4, 0.5) is 0 Å². The van der Waals surface area contributed by atoms with Crippen molar-refractivity contribution in [1.29, 1.82) is 0 Å². The number of aliphatic hydroxyl groups is 1. The second-order valence-electron chi connectivity index (χ2n) is 4.89. The Bertz CT molecular complexity index is 804. The highest BCUT2D eigenvalue weighted by Gasteiger charge is 2.32. The molecular formula is C16H14O4S. The Hall–Kier alpha value is -2.27. The fourth-order valence-corrected chi connectivity index (χ4v) is 3.50. The number of ether oxygens (including phenoxy) is 1. The Kier molecular flexibility index (Phi) is 3.22. The van der Waals surface area contributed by atoms with Crippen molar-refractivity contribution >= 4 is 15.6 Å². The third-order valence-corrected chi connectivity index (χ3v) is 5.13. The van der Waals surface area contributed by atoms with Gasteiger partial charge in [0.15, 0.2) is 0 Å². The van der Waals surface area contributed by atoms with Crippen LogP contribution in [0.1, 0.15) is 11.1 Å². The van der Waals surface area contributed by atoms with Gasteiger partial charge in [0.25, 0.3) is 0 Å². The predicted octanol–water partition coefficient (Wildman–Crippen LogP) is 3.09. The number of aliphatic hydroxyl groups excluding tert-OH is 1. The molecule has 0 radical (unpaired) electrons. The van der Waals surface area contributed by atoms with E-state index in [1.807, 2.05) is 6.92 Å². The Morgan fingerprint density at radius 3 is 2.43 bits per heavy atom. The van der Waals surface area contributed by atoms with E-state index in [2.05, 4.69) is 0 Å². The summed E-state index contributed by atoms with van der Waals surface area (Å²) in [5.41, 5.74) is 0.241. The van der Waals surface area contributed by atoms with Crippen molar-refractivity contribution < 1.29 is 18.3 Å². The third kappa shape index (κ3) is 2.40. The lowest BCUT2D eigenvalue weighted by Gasteiger charge is -2.23. The molecule has 0 saturated heterocycles. The zero-order chi connectivity index (χ0) is 15.0. The van der Waals surface area contributed by atoms with Crippen molar-refractivity contribution in [2.24, 2.45) is 0 Å². The fourth-order valence-electron chi connectivity index (χ4n) is 2.17. The van der Waals surface area contributed by atoms with Crippen LogP contribution in [0.25, 0.3) is 5.76 Å². The number of sulfone groups is 1. The first-order valence-electron chi connectivity index (χ1n) is 6.46. The van der Waals surface area contributed by atoms with Gasteiger partial charge in [-0.1, -0.05) is 29.8 Å². The third-order valence-electron chi connectivity index (χ3n) is 3.36. The number of hydrogen-bond donors (Lipinski definition) is 1. The van der Waals surface area contributed by atoms with Gasteiger partial charge in [-0.25, -0.2) is 8.42 Å². The van der Waals surface area contributed by atoms with E-state index in [4.69, 9.17) is 4.74 Å². The van der Waals surface area contributed by atoms with Crippen LogP contribution in [0.15, 0.2) is 59.5 Å². The van der Waals surface area contributed by atoms with Gasteiger partial charge in [-0.2, -0.15) is 0 Å². The Morgan fingerprint density at radius 1 is 1.05 bits per heavy atom. The van der Waals surface area contributed by atoms with Gasteiger partial charge in [0.2, 0.25) is 15.3 Å². The van der Waals surface area contributed by atoms with Crippen molar-refractivity contribution in [3.63, 3.8) is 0 Å². The molecule has 2 aromatic rings. The Balaban J connectivity index is 2.02. The summed E-state index contributed by atoms with van der Waals surface area (Å²) < 4.78 is 30.7. The van der Waals surface area contributed by atoms with Gasteiger partial charge in [0.05, 0.1) is 10.5 Å². The Morgan fingerprint density at radius 2 is 1.71 bits per heavy atom. The molecule has 0 spiro atoms. The van der Waals surface area contributed by atoms with Gasteiger partial charge in [0, 0.05) is 6.08 Å². The molecule has 108 valence electrons. The number of rotatable bonds is 2. The molecule has 2 aromatic carbocycles. The molecule has 0 fully saturated rings. The molecule has 0 amide bonds. The maximum atomic E-state index is 12.6. The first-order chi connectivity index (χ1) is 9.98. The van der Waals surface area contributed by atoms with E-state index in [1.165, 1.54) is 6.08 Å². The molecule has 1 N–H and O–H groups in total.